The van der Waals surface area contributed by atoms with Crippen molar-refractivity contribution in [3.05, 3.63) is 34.3 Å². The highest BCUT2D eigenvalue weighted by molar-refractivity contribution is 14.2. The summed E-state index contributed by atoms with van der Waals surface area (Å²) in [6.07, 6.45) is 4.34. The normalized spacial score (nSPS) is 16.1. The van der Waals surface area contributed by atoms with Crippen molar-refractivity contribution < 1.29 is 9.31 Å². The Morgan fingerprint density at radius 1 is 1.48 bits per heavy atom. The molecule has 25 heavy (non-hydrogen) atoms. The molecule has 1 fully saturated rings. The summed E-state index contributed by atoms with van der Waals surface area (Å²) in [6, 6.07) is 1.71. The van der Waals surface area contributed by atoms with Gasteiger partial charge in [-0.25, -0.2) is 8.84 Å². The lowest BCUT2D eigenvalue weighted by atomic mass is 10.2. The number of pyridine rings is 1. The molecule has 0 radical (unpaired) electrons. The van der Waals surface area contributed by atoms with Crippen LogP contribution >= 0.6 is 28.4 Å². The predicted molar refractivity (Wildman–Crippen MR) is 101 cm³/mol. The number of rotatable bonds is 5. The maximum Gasteiger partial charge on any atom is 0.316 e. The SMILES string of the molecule is Cc1nn(CC2(F)CC2)c2cc(-c3nn(PI)cc3[N+](=O)[O-])ncc12. The van der Waals surface area contributed by atoms with Crippen LogP contribution in [0.15, 0.2) is 18.5 Å². The molecular formula is C14H13FIN6O2P. The Kier molecular flexibility index (Phi) is 3.99. The summed E-state index contributed by atoms with van der Waals surface area (Å²) in [5.41, 5.74) is 0.785. The van der Waals surface area contributed by atoms with E-state index in [-0.39, 0.29) is 24.3 Å². The number of halogens is 2. The summed E-state index contributed by atoms with van der Waals surface area (Å²) in [7, 11) is 0. The minimum absolute atomic E-state index is 0.0945. The molecule has 3 aromatic heterocycles. The van der Waals surface area contributed by atoms with Gasteiger partial charge in [0.1, 0.15) is 11.9 Å². The molecule has 130 valence electrons. The third-order valence-corrected chi connectivity index (χ3v) is 6.15. The van der Waals surface area contributed by atoms with E-state index in [1.54, 1.807) is 16.9 Å². The van der Waals surface area contributed by atoms with Crippen molar-refractivity contribution in [1.29, 1.82) is 0 Å². The molecule has 0 aliphatic heterocycles. The zero-order chi connectivity index (χ0) is 17.8. The quantitative estimate of drug-likeness (QED) is 0.243. The predicted octanol–water partition coefficient (Wildman–Crippen LogP) is 3.81. The summed E-state index contributed by atoms with van der Waals surface area (Å²) in [5.74, 6) is 0. The highest BCUT2D eigenvalue weighted by atomic mass is 127. The van der Waals surface area contributed by atoms with E-state index in [2.05, 4.69) is 37.2 Å². The van der Waals surface area contributed by atoms with Crippen LogP contribution in [0.25, 0.3) is 22.3 Å². The molecule has 0 spiro atoms. The van der Waals surface area contributed by atoms with Crippen LogP contribution in [0.5, 0.6) is 0 Å². The highest BCUT2D eigenvalue weighted by Gasteiger charge is 2.44. The van der Waals surface area contributed by atoms with Crippen LogP contribution < -0.4 is 0 Å². The van der Waals surface area contributed by atoms with Crippen LogP contribution in [-0.2, 0) is 6.54 Å². The second kappa shape index (κ2) is 5.94. The number of hydrogen-bond acceptors (Lipinski definition) is 5. The van der Waals surface area contributed by atoms with Crippen molar-refractivity contribution in [1.82, 2.24) is 24.3 Å². The third kappa shape index (κ3) is 3.01. The van der Waals surface area contributed by atoms with Gasteiger partial charge in [0.15, 0.2) is 5.69 Å². The van der Waals surface area contributed by atoms with Crippen molar-refractivity contribution in [2.75, 3.05) is 0 Å². The molecule has 1 atom stereocenters. The van der Waals surface area contributed by atoms with Gasteiger partial charge in [-0.15, -0.1) is 0 Å². The lowest BCUT2D eigenvalue weighted by molar-refractivity contribution is -0.384. The molecule has 0 bridgehead atoms. The second-order valence-corrected chi connectivity index (χ2v) is 8.20. The molecular weight excluding hydrogens is 461 g/mol. The number of fused-ring (bicyclic) bond motifs is 1. The first kappa shape index (κ1) is 16.8. The zero-order valence-corrected chi connectivity index (χ0v) is 16.3. The van der Waals surface area contributed by atoms with Gasteiger partial charge in [0.05, 0.1) is 34.7 Å². The van der Waals surface area contributed by atoms with Gasteiger partial charge in [0.2, 0.25) is 0 Å². The standard InChI is InChI=1S/C14H13FIN6O2P/c1-8-9-5-17-10(13-12(22(23)24)6-21(19-13)25-16)4-11(9)20(18-8)7-14(15)2-3-14/h4-6,25H,2-3,7H2,1H3. The number of nitro groups is 1. The smallest absolute Gasteiger partial charge is 0.261 e. The maximum absolute atomic E-state index is 14.2. The fraction of sp³-hybridized carbons (Fsp3) is 0.357. The van der Waals surface area contributed by atoms with Crippen molar-refractivity contribution in [2.24, 2.45) is 0 Å². The molecule has 0 N–H and O–H groups in total. The molecule has 1 saturated carbocycles. The maximum atomic E-state index is 14.2. The first-order chi connectivity index (χ1) is 11.9. The average Bonchev–Trinajstić information content (AvgIpc) is 3.04. The molecule has 0 amide bonds. The van der Waals surface area contributed by atoms with E-state index < -0.39 is 10.6 Å². The molecule has 1 unspecified atom stereocenters. The van der Waals surface area contributed by atoms with Crippen LogP contribution in [0.3, 0.4) is 0 Å². The Morgan fingerprint density at radius 2 is 2.24 bits per heavy atom. The summed E-state index contributed by atoms with van der Waals surface area (Å²) < 4.78 is 17.3. The minimum atomic E-state index is -1.19. The van der Waals surface area contributed by atoms with Crippen molar-refractivity contribution in [2.45, 2.75) is 32.0 Å². The first-order valence-corrected chi connectivity index (χ1v) is 11.6. The van der Waals surface area contributed by atoms with Gasteiger partial charge in [-0.3, -0.25) is 19.8 Å². The molecule has 3 aromatic rings. The molecule has 3 heterocycles. The third-order valence-electron chi connectivity index (χ3n) is 4.27. The molecule has 0 saturated heterocycles. The first-order valence-electron chi connectivity index (χ1n) is 7.53. The van der Waals surface area contributed by atoms with Crippen LogP contribution in [0.2, 0.25) is 0 Å². The Hall–Kier alpha value is -1.68. The summed E-state index contributed by atoms with van der Waals surface area (Å²) in [5, 5.41) is 20.8. The van der Waals surface area contributed by atoms with Crippen LogP contribution in [0.4, 0.5) is 10.1 Å². The van der Waals surface area contributed by atoms with E-state index >= 15 is 0 Å². The molecule has 4 rings (SSSR count). The van der Waals surface area contributed by atoms with Crippen molar-refractivity contribution in [3.63, 3.8) is 0 Å². The number of aryl methyl sites for hydroxylation is 1. The summed E-state index contributed by atoms with van der Waals surface area (Å²) in [4.78, 5) is 15.2. The Bertz CT molecular complexity index is 999. The summed E-state index contributed by atoms with van der Waals surface area (Å²) >= 11 is 2.10. The largest absolute Gasteiger partial charge is 0.316 e. The summed E-state index contributed by atoms with van der Waals surface area (Å²) in [6.45, 7) is 2.03. The van der Waals surface area contributed by atoms with Crippen LogP contribution in [0, 0.1) is 17.0 Å². The number of alkyl halides is 1. The molecule has 0 aromatic carbocycles. The van der Waals surface area contributed by atoms with Gasteiger partial charge >= 0.3 is 5.69 Å². The fourth-order valence-corrected chi connectivity index (χ4v) is 3.81. The molecule has 1 aliphatic carbocycles. The molecule has 8 nitrogen and oxygen atoms in total. The molecule has 11 heteroatoms. The van der Waals surface area contributed by atoms with Crippen molar-refractivity contribution in [3.8, 4) is 11.4 Å². The van der Waals surface area contributed by atoms with E-state index in [9.17, 15) is 14.5 Å². The van der Waals surface area contributed by atoms with Gasteiger partial charge in [-0.2, -0.15) is 10.2 Å². The highest BCUT2D eigenvalue weighted by Crippen LogP contribution is 2.42. The van der Waals surface area contributed by atoms with Gasteiger partial charge in [-0.1, -0.05) is 0 Å². The molecule has 1 aliphatic rings. The Labute approximate surface area is 156 Å². The van der Waals surface area contributed by atoms with Crippen LogP contribution in [0.1, 0.15) is 18.5 Å². The van der Waals surface area contributed by atoms with Gasteiger partial charge in [-0.05, 0) is 47.9 Å². The van der Waals surface area contributed by atoms with E-state index in [0.717, 1.165) is 11.1 Å². The van der Waals surface area contributed by atoms with Gasteiger partial charge in [0.25, 0.3) is 0 Å². The number of aromatic nitrogens is 5. The lowest BCUT2D eigenvalue weighted by Crippen LogP contribution is -2.13. The Balaban J connectivity index is 1.85. The van der Waals surface area contributed by atoms with Crippen molar-refractivity contribution >= 4 is 45.0 Å². The number of hydrogen-bond donors (Lipinski definition) is 0. The topological polar surface area (TPSA) is 91.7 Å². The van der Waals surface area contributed by atoms with E-state index in [0.29, 0.717) is 24.1 Å². The Morgan fingerprint density at radius 3 is 2.88 bits per heavy atom. The zero-order valence-electron chi connectivity index (χ0n) is 13.1. The van der Waals surface area contributed by atoms with E-state index in [4.69, 9.17) is 0 Å². The van der Waals surface area contributed by atoms with E-state index in [1.165, 1.54) is 10.6 Å². The van der Waals surface area contributed by atoms with E-state index in [1.807, 2.05) is 6.92 Å². The number of nitrogens with zero attached hydrogens (tertiary/aromatic N) is 6. The van der Waals surface area contributed by atoms with Gasteiger partial charge in [0, 0.05) is 11.6 Å². The minimum Gasteiger partial charge on any atom is -0.261 e. The fourth-order valence-electron chi connectivity index (χ4n) is 2.76. The monoisotopic (exact) mass is 474 g/mol. The second-order valence-electron chi connectivity index (χ2n) is 6.13. The van der Waals surface area contributed by atoms with Crippen LogP contribution in [-0.4, -0.2) is 34.9 Å². The van der Waals surface area contributed by atoms with Gasteiger partial charge < -0.3 is 0 Å². The average molecular weight is 474 g/mol. The lowest BCUT2D eigenvalue weighted by Gasteiger charge is -2.07.